The molecule has 3 nitrogen and oxygen atoms in total. The predicted molar refractivity (Wildman–Crippen MR) is 77.6 cm³/mol. The molecule has 0 radical (unpaired) electrons. The largest absolute Gasteiger partial charge is 0.497 e. The number of methoxy groups -OCH3 is 1. The Labute approximate surface area is 115 Å². The molecular weight excluding hydrogens is 238 g/mol. The molecule has 1 fully saturated rings. The molecule has 1 aliphatic carbocycles. The summed E-state index contributed by atoms with van der Waals surface area (Å²) in [6, 6.07) is 5.72. The lowest BCUT2D eigenvalue weighted by atomic mass is 10.0. The van der Waals surface area contributed by atoms with Crippen molar-refractivity contribution in [1.82, 2.24) is 0 Å². The molecule has 19 heavy (non-hydrogen) atoms. The van der Waals surface area contributed by atoms with E-state index in [9.17, 15) is 4.79 Å². The standard InChI is InChI=1S/C16H23NO2/c1-12-11-14(19-2)8-9-15(12)17-16(18)10-7-13-5-3-4-6-13/h8-9,11,13H,3-7,10H2,1-2H3,(H,17,18). The molecule has 104 valence electrons. The summed E-state index contributed by atoms with van der Waals surface area (Å²) in [6.45, 7) is 1.98. The minimum absolute atomic E-state index is 0.125. The van der Waals surface area contributed by atoms with E-state index < -0.39 is 0 Å². The average Bonchev–Trinajstić information content (AvgIpc) is 2.92. The molecule has 0 spiro atoms. The lowest BCUT2D eigenvalue weighted by molar-refractivity contribution is -0.116. The van der Waals surface area contributed by atoms with Crippen LogP contribution in [-0.4, -0.2) is 13.0 Å². The first-order chi connectivity index (χ1) is 9.19. The summed E-state index contributed by atoms with van der Waals surface area (Å²) in [6.07, 6.45) is 6.94. The molecule has 0 heterocycles. The fraction of sp³-hybridized carbons (Fsp3) is 0.562. The number of ether oxygens (including phenoxy) is 1. The summed E-state index contributed by atoms with van der Waals surface area (Å²) >= 11 is 0. The molecule has 0 aliphatic heterocycles. The van der Waals surface area contributed by atoms with Crippen LogP contribution in [-0.2, 0) is 4.79 Å². The van der Waals surface area contributed by atoms with Gasteiger partial charge in [-0.2, -0.15) is 0 Å². The molecule has 0 saturated heterocycles. The van der Waals surface area contributed by atoms with Crippen molar-refractivity contribution in [3.63, 3.8) is 0 Å². The van der Waals surface area contributed by atoms with Crippen molar-refractivity contribution in [2.24, 2.45) is 5.92 Å². The Morgan fingerprint density at radius 3 is 2.74 bits per heavy atom. The van der Waals surface area contributed by atoms with Gasteiger partial charge < -0.3 is 10.1 Å². The molecule has 1 amide bonds. The van der Waals surface area contributed by atoms with E-state index in [0.29, 0.717) is 6.42 Å². The van der Waals surface area contributed by atoms with Crippen molar-refractivity contribution >= 4 is 11.6 Å². The number of carbonyl (C=O) groups excluding carboxylic acids is 1. The van der Waals surface area contributed by atoms with Crippen molar-refractivity contribution < 1.29 is 9.53 Å². The van der Waals surface area contributed by atoms with Gasteiger partial charge in [-0.15, -0.1) is 0 Å². The lowest BCUT2D eigenvalue weighted by Crippen LogP contribution is -2.13. The minimum Gasteiger partial charge on any atom is -0.497 e. The van der Waals surface area contributed by atoms with Crippen LogP contribution in [0.1, 0.15) is 44.1 Å². The summed E-state index contributed by atoms with van der Waals surface area (Å²) in [5, 5.41) is 2.99. The highest BCUT2D eigenvalue weighted by atomic mass is 16.5. The Balaban J connectivity index is 1.84. The number of hydrogen-bond donors (Lipinski definition) is 1. The van der Waals surface area contributed by atoms with Crippen molar-refractivity contribution in [3.05, 3.63) is 23.8 Å². The van der Waals surface area contributed by atoms with E-state index in [1.807, 2.05) is 25.1 Å². The van der Waals surface area contributed by atoms with E-state index in [4.69, 9.17) is 4.74 Å². The number of benzene rings is 1. The van der Waals surface area contributed by atoms with Crippen molar-refractivity contribution in [1.29, 1.82) is 0 Å². The van der Waals surface area contributed by atoms with Gasteiger partial charge in [-0.25, -0.2) is 0 Å². The zero-order valence-electron chi connectivity index (χ0n) is 11.9. The van der Waals surface area contributed by atoms with Gasteiger partial charge in [0, 0.05) is 12.1 Å². The highest BCUT2D eigenvalue weighted by Crippen LogP contribution is 2.28. The molecule has 3 heteroatoms. The Morgan fingerprint density at radius 2 is 2.11 bits per heavy atom. The Bertz CT molecular complexity index is 436. The lowest BCUT2D eigenvalue weighted by Gasteiger charge is -2.11. The Kier molecular flexibility index (Phi) is 4.83. The van der Waals surface area contributed by atoms with E-state index in [0.717, 1.165) is 29.3 Å². The van der Waals surface area contributed by atoms with Crippen LogP contribution in [0.15, 0.2) is 18.2 Å². The summed E-state index contributed by atoms with van der Waals surface area (Å²) in [5.74, 6) is 1.71. The third-order valence-corrected chi connectivity index (χ3v) is 3.96. The molecule has 1 aliphatic rings. The average molecular weight is 261 g/mol. The zero-order chi connectivity index (χ0) is 13.7. The van der Waals surface area contributed by atoms with Crippen LogP contribution < -0.4 is 10.1 Å². The molecule has 0 unspecified atom stereocenters. The van der Waals surface area contributed by atoms with E-state index in [1.54, 1.807) is 7.11 Å². The van der Waals surface area contributed by atoms with Crippen molar-refractivity contribution in [3.8, 4) is 5.75 Å². The van der Waals surface area contributed by atoms with Gasteiger partial charge in [-0.1, -0.05) is 25.7 Å². The first kappa shape index (κ1) is 13.9. The molecule has 0 aromatic heterocycles. The maximum Gasteiger partial charge on any atom is 0.224 e. The Hall–Kier alpha value is -1.51. The third-order valence-electron chi connectivity index (χ3n) is 3.96. The summed E-state index contributed by atoms with van der Waals surface area (Å²) in [5.41, 5.74) is 1.92. The highest BCUT2D eigenvalue weighted by Gasteiger charge is 2.16. The van der Waals surface area contributed by atoms with Gasteiger partial charge in [0.1, 0.15) is 5.75 Å². The van der Waals surface area contributed by atoms with Crippen LogP contribution in [0.4, 0.5) is 5.69 Å². The van der Waals surface area contributed by atoms with Crippen LogP contribution in [0.25, 0.3) is 0 Å². The topological polar surface area (TPSA) is 38.3 Å². The molecule has 0 atom stereocenters. The summed E-state index contributed by atoms with van der Waals surface area (Å²) in [7, 11) is 1.65. The number of anilines is 1. The quantitative estimate of drug-likeness (QED) is 0.872. The monoisotopic (exact) mass is 261 g/mol. The summed E-state index contributed by atoms with van der Waals surface area (Å²) < 4.78 is 5.16. The van der Waals surface area contributed by atoms with Crippen LogP contribution in [0.2, 0.25) is 0 Å². The SMILES string of the molecule is COc1ccc(NC(=O)CCC2CCCC2)c(C)c1. The molecule has 0 bridgehead atoms. The zero-order valence-corrected chi connectivity index (χ0v) is 11.9. The molecular formula is C16H23NO2. The van der Waals surface area contributed by atoms with E-state index in [-0.39, 0.29) is 5.91 Å². The van der Waals surface area contributed by atoms with Gasteiger partial charge >= 0.3 is 0 Å². The minimum atomic E-state index is 0.125. The molecule has 1 saturated carbocycles. The van der Waals surface area contributed by atoms with Crippen LogP contribution in [0.3, 0.4) is 0 Å². The van der Waals surface area contributed by atoms with Gasteiger partial charge in [0.25, 0.3) is 0 Å². The highest BCUT2D eigenvalue weighted by molar-refractivity contribution is 5.91. The molecule has 1 aromatic rings. The number of nitrogens with one attached hydrogen (secondary N) is 1. The smallest absolute Gasteiger partial charge is 0.224 e. The second kappa shape index (κ2) is 6.60. The predicted octanol–water partition coefficient (Wildman–Crippen LogP) is 3.91. The fourth-order valence-electron chi connectivity index (χ4n) is 2.75. The number of carbonyl (C=O) groups is 1. The van der Waals surface area contributed by atoms with Gasteiger partial charge in [-0.05, 0) is 43.0 Å². The maximum absolute atomic E-state index is 11.9. The third kappa shape index (κ3) is 3.98. The molecule has 1 N–H and O–H groups in total. The van der Waals surface area contributed by atoms with Gasteiger partial charge in [0.2, 0.25) is 5.91 Å². The first-order valence-corrected chi connectivity index (χ1v) is 7.13. The van der Waals surface area contributed by atoms with Crippen molar-refractivity contribution in [2.45, 2.75) is 45.4 Å². The van der Waals surface area contributed by atoms with Gasteiger partial charge in [-0.3, -0.25) is 4.79 Å². The van der Waals surface area contributed by atoms with E-state index in [1.165, 1.54) is 25.7 Å². The van der Waals surface area contributed by atoms with E-state index in [2.05, 4.69) is 5.32 Å². The van der Waals surface area contributed by atoms with Crippen LogP contribution >= 0.6 is 0 Å². The van der Waals surface area contributed by atoms with E-state index >= 15 is 0 Å². The normalized spacial score (nSPS) is 15.5. The van der Waals surface area contributed by atoms with Crippen LogP contribution in [0, 0.1) is 12.8 Å². The van der Waals surface area contributed by atoms with Crippen molar-refractivity contribution in [2.75, 3.05) is 12.4 Å². The first-order valence-electron chi connectivity index (χ1n) is 7.13. The second-order valence-corrected chi connectivity index (χ2v) is 5.42. The number of hydrogen-bond acceptors (Lipinski definition) is 2. The van der Waals surface area contributed by atoms with Gasteiger partial charge in [0.15, 0.2) is 0 Å². The second-order valence-electron chi connectivity index (χ2n) is 5.42. The van der Waals surface area contributed by atoms with Gasteiger partial charge in [0.05, 0.1) is 7.11 Å². The number of rotatable bonds is 5. The Morgan fingerprint density at radius 1 is 1.37 bits per heavy atom. The number of aryl methyl sites for hydroxylation is 1. The summed E-state index contributed by atoms with van der Waals surface area (Å²) in [4.78, 5) is 11.9. The number of amides is 1. The molecule has 2 rings (SSSR count). The fourth-order valence-corrected chi connectivity index (χ4v) is 2.75. The maximum atomic E-state index is 11.9. The van der Waals surface area contributed by atoms with Crippen LogP contribution in [0.5, 0.6) is 5.75 Å². The molecule has 1 aromatic carbocycles.